The van der Waals surface area contributed by atoms with Crippen molar-refractivity contribution in [2.75, 3.05) is 13.1 Å². The van der Waals surface area contributed by atoms with Crippen LogP contribution < -0.4 is 0 Å². The van der Waals surface area contributed by atoms with Crippen molar-refractivity contribution in [2.24, 2.45) is 0 Å². The molecule has 2 aromatic rings. The lowest BCUT2D eigenvalue weighted by atomic mass is 10.1. The van der Waals surface area contributed by atoms with Crippen LogP contribution in [0.25, 0.3) is 0 Å². The summed E-state index contributed by atoms with van der Waals surface area (Å²) in [5.41, 5.74) is 0.419. The van der Waals surface area contributed by atoms with Crippen LogP contribution in [0.3, 0.4) is 0 Å². The van der Waals surface area contributed by atoms with E-state index in [1.54, 1.807) is 6.92 Å². The first kappa shape index (κ1) is 16.5. The highest BCUT2D eigenvalue weighted by Gasteiger charge is 2.31. The number of morpholine rings is 1. The lowest BCUT2D eigenvalue weighted by Crippen LogP contribution is -2.46. The minimum absolute atomic E-state index is 0.214. The Balaban J connectivity index is 1.86. The highest BCUT2D eigenvalue weighted by Crippen LogP contribution is 2.27. The van der Waals surface area contributed by atoms with Gasteiger partial charge in [0.15, 0.2) is 17.5 Å². The summed E-state index contributed by atoms with van der Waals surface area (Å²) in [5, 5.41) is 0. The van der Waals surface area contributed by atoms with Gasteiger partial charge in [0.25, 0.3) is 5.91 Å². The van der Waals surface area contributed by atoms with Crippen LogP contribution in [0, 0.1) is 17.5 Å². The van der Waals surface area contributed by atoms with Gasteiger partial charge in [0.1, 0.15) is 6.10 Å². The van der Waals surface area contributed by atoms with E-state index < -0.39 is 28.9 Å². The van der Waals surface area contributed by atoms with E-state index in [1.165, 1.54) is 4.90 Å². The molecule has 2 atom stereocenters. The molecule has 1 heterocycles. The Kier molecular flexibility index (Phi) is 4.57. The van der Waals surface area contributed by atoms with Crippen LogP contribution in [0.15, 0.2) is 42.5 Å². The molecule has 0 aliphatic carbocycles. The third-order valence-electron chi connectivity index (χ3n) is 3.98. The predicted octanol–water partition coefficient (Wildman–Crippen LogP) is 3.71. The van der Waals surface area contributed by atoms with E-state index in [9.17, 15) is 18.0 Å². The molecule has 2 aromatic carbocycles. The molecule has 1 aliphatic heterocycles. The standard InChI is InChI=1S/C18H16F3NO2/c1-11-9-22(10-15(24-11)12-5-3-2-4-6-12)18(23)13-7-8-14(19)17(21)16(13)20/h2-8,11,15H,9-10H2,1H3. The number of hydrogen-bond donors (Lipinski definition) is 0. The Hall–Kier alpha value is -2.34. The van der Waals surface area contributed by atoms with Gasteiger partial charge in [0.2, 0.25) is 0 Å². The van der Waals surface area contributed by atoms with Gasteiger partial charge in [-0.25, -0.2) is 13.2 Å². The number of hydrogen-bond acceptors (Lipinski definition) is 2. The van der Waals surface area contributed by atoms with Gasteiger partial charge < -0.3 is 9.64 Å². The Morgan fingerprint density at radius 1 is 1.04 bits per heavy atom. The molecule has 1 fully saturated rings. The number of amides is 1. The zero-order valence-electron chi connectivity index (χ0n) is 13.0. The van der Waals surface area contributed by atoms with E-state index in [2.05, 4.69) is 0 Å². The molecular formula is C18H16F3NO2. The van der Waals surface area contributed by atoms with Crippen molar-refractivity contribution in [2.45, 2.75) is 19.1 Å². The van der Waals surface area contributed by atoms with Crippen LogP contribution in [0.2, 0.25) is 0 Å². The van der Waals surface area contributed by atoms with Crippen LogP contribution in [0.1, 0.15) is 28.9 Å². The van der Waals surface area contributed by atoms with E-state index in [0.717, 1.165) is 17.7 Å². The molecular weight excluding hydrogens is 319 g/mol. The SMILES string of the molecule is CC1CN(C(=O)c2ccc(F)c(F)c2F)CC(c2ccccc2)O1. The molecule has 0 radical (unpaired) electrons. The second-order valence-electron chi connectivity index (χ2n) is 5.78. The molecule has 1 amide bonds. The Labute approximate surface area is 137 Å². The third kappa shape index (κ3) is 3.14. The minimum Gasteiger partial charge on any atom is -0.367 e. The lowest BCUT2D eigenvalue weighted by molar-refractivity contribution is -0.0692. The first-order chi connectivity index (χ1) is 11.5. The highest BCUT2D eigenvalue weighted by molar-refractivity contribution is 5.94. The summed E-state index contributed by atoms with van der Waals surface area (Å²) in [4.78, 5) is 14.0. The summed E-state index contributed by atoms with van der Waals surface area (Å²) in [7, 11) is 0. The first-order valence-electron chi connectivity index (χ1n) is 7.60. The van der Waals surface area contributed by atoms with Crippen LogP contribution in [0.5, 0.6) is 0 Å². The predicted molar refractivity (Wildman–Crippen MR) is 81.9 cm³/mol. The topological polar surface area (TPSA) is 29.5 Å². The van der Waals surface area contributed by atoms with Gasteiger partial charge >= 0.3 is 0 Å². The Morgan fingerprint density at radius 3 is 2.46 bits per heavy atom. The van der Waals surface area contributed by atoms with E-state index >= 15 is 0 Å². The molecule has 0 bridgehead atoms. The average Bonchev–Trinajstić information content (AvgIpc) is 2.59. The highest BCUT2D eigenvalue weighted by atomic mass is 19.2. The smallest absolute Gasteiger partial charge is 0.257 e. The summed E-state index contributed by atoms with van der Waals surface area (Å²) in [6.45, 7) is 2.27. The van der Waals surface area contributed by atoms with Gasteiger partial charge in [-0.1, -0.05) is 30.3 Å². The minimum atomic E-state index is -1.64. The normalized spacial score (nSPS) is 20.9. The molecule has 0 spiro atoms. The summed E-state index contributed by atoms with van der Waals surface area (Å²) >= 11 is 0. The van der Waals surface area contributed by atoms with Crippen molar-refractivity contribution >= 4 is 5.91 Å². The molecule has 0 N–H and O–H groups in total. The van der Waals surface area contributed by atoms with Gasteiger partial charge in [-0.05, 0) is 24.6 Å². The van der Waals surface area contributed by atoms with E-state index in [4.69, 9.17) is 4.74 Å². The third-order valence-corrected chi connectivity index (χ3v) is 3.98. The number of rotatable bonds is 2. The Morgan fingerprint density at radius 2 is 1.75 bits per heavy atom. The number of benzene rings is 2. The number of carbonyl (C=O) groups is 1. The summed E-state index contributed by atoms with van der Waals surface area (Å²) < 4.78 is 46.2. The molecule has 1 aliphatic rings. The lowest BCUT2D eigenvalue weighted by Gasteiger charge is -2.37. The fourth-order valence-electron chi connectivity index (χ4n) is 2.83. The maximum Gasteiger partial charge on any atom is 0.257 e. The van der Waals surface area contributed by atoms with Crippen molar-refractivity contribution in [3.63, 3.8) is 0 Å². The quantitative estimate of drug-likeness (QED) is 0.783. The second-order valence-corrected chi connectivity index (χ2v) is 5.78. The molecule has 24 heavy (non-hydrogen) atoms. The summed E-state index contributed by atoms with van der Waals surface area (Å²) in [6, 6.07) is 11.1. The zero-order valence-corrected chi connectivity index (χ0v) is 13.0. The van der Waals surface area contributed by atoms with Crippen molar-refractivity contribution in [3.8, 4) is 0 Å². The van der Waals surface area contributed by atoms with Crippen LogP contribution in [-0.4, -0.2) is 30.0 Å². The van der Waals surface area contributed by atoms with Gasteiger partial charge in [0, 0.05) is 6.54 Å². The molecule has 3 nitrogen and oxygen atoms in total. The monoisotopic (exact) mass is 335 g/mol. The molecule has 126 valence electrons. The molecule has 0 saturated carbocycles. The van der Waals surface area contributed by atoms with Gasteiger partial charge in [-0.2, -0.15) is 0 Å². The van der Waals surface area contributed by atoms with Crippen LogP contribution in [-0.2, 0) is 4.74 Å². The van der Waals surface area contributed by atoms with Crippen molar-refractivity contribution in [3.05, 3.63) is 71.0 Å². The number of ether oxygens (including phenoxy) is 1. The van der Waals surface area contributed by atoms with E-state index in [0.29, 0.717) is 0 Å². The zero-order chi connectivity index (χ0) is 17.3. The maximum atomic E-state index is 13.9. The van der Waals surface area contributed by atoms with Gasteiger partial charge in [-0.3, -0.25) is 4.79 Å². The van der Waals surface area contributed by atoms with Crippen molar-refractivity contribution in [1.82, 2.24) is 4.90 Å². The number of halogens is 3. The molecule has 3 rings (SSSR count). The number of nitrogens with zero attached hydrogens (tertiary/aromatic N) is 1. The summed E-state index contributed by atoms with van der Waals surface area (Å²) in [6.07, 6.45) is -0.617. The largest absolute Gasteiger partial charge is 0.367 e. The second kappa shape index (κ2) is 6.65. The van der Waals surface area contributed by atoms with Crippen LogP contribution in [0.4, 0.5) is 13.2 Å². The average molecular weight is 335 g/mol. The fourth-order valence-corrected chi connectivity index (χ4v) is 2.83. The Bertz CT molecular complexity index is 751. The summed E-state index contributed by atoms with van der Waals surface area (Å²) in [5.74, 6) is -5.10. The van der Waals surface area contributed by atoms with Gasteiger partial charge in [0.05, 0.1) is 18.2 Å². The van der Waals surface area contributed by atoms with Gasteiger partial charge in [-0.15, -0.1) is 0 Å². The number of carbonyl (C=O) groups excluding carboxylic acids is 1. The van der Waals surface area contributed by atoms with E-state index in [-0.39, 0.29) is 25.3 Å². The first-order valence-corrected chi connectivity index (χ1v) is 7.60. The molecule has 1 saturated heterocycles. The van der Waals surface area contributed by atoms with Crippen LogP contribution >= 0.6 is 0 Å². The molecule has 6 heteroatoms. The fraction of sp³-hybridized carbons (Fsp3) is 0.278. The van der Waals surface area contributed by atoms with Crippen molar-refractivity contribution < 1.29 is 22.7 Å². The molecule has 0 aromatic heterocycles. The van der Waals surface area contributed by atoms with E-state index in [1.807, 2.05) is 30.3 Å². The molecule has 2 unspecified atom stereocenters. The maximum absolute atomic E-state index is 13.9. The van der Waals surface area contributed by atoms with Crippen molar-refractivity contribution in [1.29, 1.82) is 0 Å².